The molecule has 0 aromatic heterocycles. The summed E-state index contributed by atoms with van der Waals surface area (Å²) in [5.74, 6) is 1.43. The van der Waals surface area contributed by atoms with Gasteiger partial charge in [-0.25, -0.2) is 0 Å². The largest absolute Gasteiger partial charge is 0.493 e. The number of carbonyl (C=O) groups is 1. The number of hydrogen-bond donors (Lipinski definition) is 1. The Bertz CT molecular complexity index is 764. The lowest BCUT2D eigenvalue weighted by atomic mass is 10.0. The number of nitrogen functional groups attached to an aromatic ring is 1. The molecule has 0 saturated carbocycles. The number of allylic oxidation sites excluding steroid dienone is 1. The van der Waals surface area contributed by atoms with Crippen molar-refractivity contribution in [3.05, 3.63) is 59.2 Å². The Kier molecular flexibility index (Phi) is 7.27. The number of rotatable bonds is 9. The van der Waals surface area contributed by atoms with Crippen LogP contribution in [0, 0.1) is 0 Å². The van der Waals surface area contributed by atoms with Crippen molar-refractivity contribution in [2.45, 2.75) is 33.6 Å². The molecule has 4 heteroatoms. The summed E-state index contributed by atoms with van der Waals surface area (Å²) in [6.07, 6.45) is 5.27. The fourth-order valence-corrected chi connectivity index (χ4v) is 2.75. The third-order valence-electron chi connectivity index (χ3n) is 3.94. The average molecular weight is 353 g/mol. The van der Waals surface area contributed by atoms with Gasteiger partial charge in [-0.15, -0.1) is 0 Å². The first-order chi connectivity index (χ1) is 12.6. The Balaban J connectivity index is 2.41. The van der Waals surface area contributed by atoms with E-state index in [-0.39, 0.29) is 5.78 Å². The zero-order valence-electron chi connectivity index (χ0n) is 15.7. The van der Waals surface area contributed by atoms with E-state index in [2.05, 4.69) is 6.92 Å². The molecule has 0 bridgehead atoms. The van der Waals surface area contributed by atoms with E-state index in [4.69, 9.17) is 15.2 Å². The second-order valence-electron chi connectivity index (χ2n) is 5.90. The standard InChI is InChI=1S/C22H27NO3/c1-4-7-17-10-15-21(25-5-2)19(22(17)26-6-3)13-14-20(24)16-8-11-18(23)12-9-16/h8-15H,4-7,23H2,1-3H3/b14-13+. The van der Waals surface area contributed by atoms with Crippen LogP contribution in [-0.4, -0.2) is 19.0 Å². The van der Waals surface area contributed by atoms with E-state index in [1.165, 1.54) is 0 Å². The Morgan fingerprint density at radius 1 is 1.00 bits per heavy atom. The van der Waals surface area contributed by atoms with Gasteiger partial charge in [-0.2, -0.15) is 0 Å². The maximum Gasteiger partial charge on any atom is 0.185 e. The predicted octanol–water partition coefficient (Wildman–Crippen LogP) is 4.91. The highest BCUT2D eigenvalue weighted by atomic mass is 16.5. The van der Waals surface area contributed by atoms with Gasteiger partial charge in [0.2, 0.25) is 0 Å². The van der Waals surface area contributed by atoms with E-state index in [9.17, 15) is 4.79 Å². The Morgan fingerprint density at radius 2 is 1.69 bits per heavy atom. The van der Waals surface area contributed by atoms with Gasteiger partial charge in [0.15, 0.2) is 5.78 Å². The van der Waals surface area contributed by atoms with E-state index in [1.807, 2.05) is 26.0 Å². The molecule has 2 aromatic rings. The van der Waals surface area contributed by atoms with Crippen LogP contribution in [0.1, 0.15) is 48.7 Å². The monoisotopic (exact) mass is 353 g/mol. The van der Waals surface area contributed by atoms with Gasteiger partial charge < -0.3 is 15.2 Å². The number of nitrogens with two attached hydrogens (primary N) is 1. The lowest BCUT2D eigenvalue weighted by Gasteiger charge is -2.16. The lowest BCUT2D eigenvalue weighted by Crippen LogP contribution is -2.03. The zero-order valence-corrected chi connectivity index (χ0v) is 15.7. The SMILES string of the molecule is CCCc1ccc(OCC)c(/C=C/C(=O)c2ccc(N)cc2)c1OCC. The van der Waals surface area contributed by atoms with E-state index in [1.54, 1.807) is 36.4 Å². The molecule has 0 heterocycles. The highest BCUT2D eigenvalue weighted by molar-refractivity contribution is 6.07. The van der Waals surface area contributed by atoms with Crippen molar-refractivity contribution < 1.29 is 14.3 Å². The molecule has 2 aromatic carbocycles. The smallest absolute Gasteiger partial charge is 0.185 e. The first-order valence-electron chi connectivity index (χ1n) is 9.10. The summed E-state index contributed by atoms with van der Waals surface area (Å²) in [6.45, 7) is 7.13. The van der Waals surface area contributed by atoms with Crippen LogP contribution >= 0.6 is 0 Å². The normalized spacial score (nSPS) is 10.9. The number of hydrogen-bond acceptors (Lipinski definition) is 4. The predicted molar refractivity (Wildman–Crippen MR) is 107 cm³/mol. The Hall–Kier alpha value is -2.75. The molecule has 0 amide bonds. The van der Waals surface area contributed by atoms with Crippen LogP contribution in [0.5, 0.6) is 11.5 Å². The molecule has 0 fully saturated rings. The van der Waals surface area contributed by atoms with Gasteiger partial charge in [-0.3, -0.25) is 4.79 Å². The highest BCUT2D eigenvalue weighted by Gasteiger charge is 2.14. The van der Waals surface area contributed by atoms with E-state index >= 15 is 0 Å². The van der Waals surface area contributed by atoms with Crippen LogP contribution in [0.2, 0.25) is 0 Å². The van der Waals surface area contributed by atoms with Gasteiger partial charge in [0, 0.05) is 11.3 Å². The van der Waals surface area contributed by atoms with Crippen molar-refractivity contribution in [3.8, 4) is 11.5 Å². The number of ketones is 1. The first-order valence-corrected chi connectivity index (χ1v) is 9.10. The second kappa shape index (κ2) is 9.66. The molecule has 0 atom stereocenters. The van der Waals surface area contributed by atoms with Gasteiger partial charge >= 0.3 is 0 Å². The third-order valence-corrected chi connectivity index (χ3v) is 3.94. The molecule has 0 aliphatic rings. The third kappa shape index (κ3) is 4.88. The molecule has 0 aliphatic heterocycles. The molecule has 0 saturated heterocycles. The van der Waals surface area contributed by atoms with E-state index in [0.29, 0.717) is 24.5 Å². The zero-order chi connectivity index (χ0) is 18.9. The van der Waals surface area contributed by atoms with Gasteiger partial charge in [-0.1, -0.05) is 19.4 Å². The van der Waals surface area contributed by atoms with Crippen molar-refractivity contribution in [1.29, 1.82) is 0 Å². The summed E-state index contributed by atoms with van der Waals surface area (Å²) >= 11 is 0. The summed E-state index contributed by atoms with van der Waals surface area (Å²) in [6, 6.07) is 10.9. The molecule has 4 nitrogen and oxygen atoms in total. The number of anilines is 1. The summed E-state index contributed by atoms with van der Waals surface area (Å²) in [5, 5.41) is 0. The highest BCUT2D eigenvalue weighted by Crippen LogP contribution is 2.35. The van der Waals surface area contributed by atoms with Crippen LogP contribution in [0.4, 0.5) is 5.69 Å². The fraction of sp³-hybridized carbons (Fsp3) is 0.318. The van der Waals surface area contributed by atoms with Crippen LogP contribution in [0.15, 0.2) is 42.5 Å². The molecule has 0 spiro atoms. The number of carbonyl (C=O) groups excluding carboxylic acids is 1. The van der Waals surface area contributed by atoms with Gasteiger partial charge in [-0.05, 0) is 68.3 Å². The van der Waals surface area contributed by atoms with Crippen LogP contribution in [0.25, 0.3) is 6.08 Å². The average Bonchev–Trinajstić information content (AvgIpc) is 2.64. The van der Waals surface area contributed by atoms with E-state index in [0.717, 1.165) is 35.5 Å². The minimum absolute atomic E-state index is 0.0872. The molecule has 138 valence electrons. The Morgan fingerprint density at radius 3 is 2.31 bits per heavy atom. The molecule has 2 N–H and O–H groups in total. The van der Waals surface area contributed by atoms with E-state index < -0.39 is 0 Å². The second-order valence-corrected chi connectivity index (χ2v) is 5.90. The van der Waals surface area contributed by atoms with Crippen molar-refractivity contribution in [2.75, 3.05) is 18.9 Å². The van der Waals surface area contributed by atoms with Crippen molar-refractivity contribution in [2.24, 2.45) is 0 Å². The molecule has 0 radical (unpaired) electrons. The summed E-state index contributed by atoms with van der Waals surface area (Å²) in [7, 11) is 0. The summed E-state index contributed by atoms with van der Waals surface area (Å²) in [5.41, 5.74) is 8.84. The number of benzene rings is 2. The maximum atomic E-state index is 12.5. The number of ether oxygens (including phenoxy) is 2. The number of aryl methyl sites for hydroxylation is 1. The summed E-state index contributed by atoms with van der Waals surface area (Å²) < 4.78 is 11.7. The molecule has 2 rings (SSSR count). The van der Waals surface area contributed by atoms with Crippen LogP contribution < -0.4 is 15.2 Å². The fourth-order valence-electron chi connectivity index (χ4n) is 2.75. The quantitative estimate of drug-likeness (QED) is 0.395. The minimum Gasteiger partial charge on any atom is -0.493 e. The van der Waals surface area contributed by atoms with Gasteiger partial charge in [0.1, 0.15) is 11.5 Å². The van der Waals surface area contributed by atoms with Crippen LogP contribution in [0.3, 0.4) is 0 Å². The molecule has 0 aliphatic carbocycles. The van der Waals surface area contributed by atoms with Crippen molar-refractivity contribution >= 4 is 17.5 Å². The molecule has 26 heavy (non-hydrogen) atoms. The molecule has 0 unspecified atom stereocenters. The first kappa shape index (κ1) is 19.6. The molecular weight excluding hydrogens is 326 g/mol. The van der Waals surface area contributed by atoms with Gasteiger partial charge in [0.05, 0.1) is 18.8 Å². The maximum absolute atomic E-state index is 12.5. The van der Waals surface area contributed by atoms with Crippen molar-refractivity contribution in [3.63, 3.8) is 0 Å². The van der Waals surface area contributed by atoms with Crippen molar-refractivity contribution in [1.82, 2.24) is 0 Å². The lowest BCUT2D eigenvalue weighted by molar-refractivity contribution is 0.104. The Labute approximate surface area is 155 Å². The van der Waals surface area contributed by atoms with Crippen LogP contribution in [-0.2, 0) is 6.42 Å². The van der Waals surface area contributed by atoms with Gasteiger partial charge in [0.25, 0.3) is 0 Å². The topological polar surface area (TPSA) is 61.5 Å². The minimum atomic E-state index is -0.0872. The molecular formula is C22H27NO3. The summed E-state index contributed by atoms with van der Waals surface area (Å²) in [4.78, 5) is 12.5.